The van der Waals surface area contributed by atoms with Crippen molar-refractivity contribution in [2.24, 2.45) is 5.92 Å². The van der Waals surface area contributed by atoms with Crippen LogP contribution in [-0.4, -0.2) is 67.2 Å². The average molecular weight is 339 g/mol. The second kappa shape index (κ2) is 6.84. The average Bonchev–Trinajstić information content (AvgIpc) is 2.98. The third-order valence-electron chi connectivity index (χ3n) is 5.04. The summed E-state index contributed by atoms with van der Waals surface area (Å²) in [6, 6.07) is 4.02. The van der Waals surface area contributed by atoms with Gasteiger partial charge < -0.3 is 4.74 Å². The lowest BCUT2D eigenvalue weighted by molar-refractivity contribution is 0.00232. The van der Waals surface area contributed by atoms with Crippen LogP contribution >= 0.6 is 0 Å². The normalized spacial score (nSPS) is 29.6. The van der Waals surface area contributed by atoms with Crippen molar-refractivity contribution in [2.75, 3.05) is 32.5 Å². The Morgan fingerprint density at radius 2 is 2.22 bits per heavy atom. The van der Waals surface area contributed by atoms with Gasteiger partial charge in [-0.15, -0.1) is 0 Å². The van der Waals surface area contributed by atoms with Gasteiger partial charge in [-0.2, -0.15) is 4.31 Å². The van der Waals surface area contributed by atoms with Gasteiger partial charge in [-0.3, -0.25) is 9.88 Å². The molecule has 0 aromatic carbocycles. The maximum absolute atomic E-state index is 12.4. The monoisotopic (exact) mass is 339 g/mol. The van der Waals surface area contributed by atoms with E-state index in [1.165, 1.54) is 0 Å². The van der Waals surface area contributed by atoms with Gasteiger partial charge in [-0.25, -0.2) is 8.42 Å². The van der Waals surface area contributed by atoms with Crippen molar-refractivity contribution in [3.63, 3.8) is 0 Å². The summed E-state index contributed by atoms with van der Waals surface area (Å²) in [7, 11) is -1.43. The summed E-state index contributed by atoms with van der Waals surface area (Å²) in [5.74, 6) is 0.406. The molecule has 0 spiro atoms. The zero-order valence-corrected chi connectivity index (χ0v) is 14.6. The first-order valence-corrected chi connectivity index (χ1v) is 9.79. The van der Waals surface area contributed by atoms with Crippen LogP contribution in [0.4, 0.5) is 0 Å². The van der Waals surface area contributed by atoms with E-state index in [1.807, 2.05) is 12.3 Å². The highest BCUT2D eigenvalue weighted by molar-refractivity contribution is 7.89. The van der Waals surface area contributed by atoms with Gasteiger partial charge in [0, 0.05) is 57.6 Å². The number of methoxy groups -OCH3 is 1. The Bertz CT molecular complexity index is 623. The summed E-state index contributed by atoms with van der Waals surface area (Å²) in [6.45, 7) is 4.72. The lowest BCUT2D eigenvalue weighted by atomic mass is 9.91. The number of likely N-dealkylation sites (tertiary alicyclic amines) is 1. The molecular weight excluding hydrogens is 314 g/mol. The molecule has 128 valence electrons. The molecule has 0 bridgehead atoms. The van der Waals surface area contributed by atoms with Crippen LogP contribution in [0.3, 0.4) is 0 Å². The first-order valence-electron chi connectivity index (χ1n) is 8.18. The number of ether oxygens (including phenoxy) is 1. The van der Waals surface area contributed by atoms with Crippen molar-refractivity contribution in [1.29, 1.82) is 0 Å². The van der Waals surface area contributed by atoms with Gasteiger partial charge in [0.2, 0.25) is 10.0 Å². The smallest absolute Gasteiger partial charge is 0.214 e. The molecule has 3 heterocycles. The molecule has 2 saturated heterocycles. The van der Waals surface area contributed by atoms with E-state index in [2.05, 4.69) is 16.0 Å². The summed E-state index contributed by atoms with van der Waals surface area (Å²) in [5.41, 5.74) is 1.16. The minimum absolute atomic E-state index is 0.0234. The van der Waals surface area contributed by atoms with Crippen LogP contribution in [0.5, 0.6) is 0 Å². The van der Waals surface area contributed by atoms with E-state index in [4.69, 9.17) is 4.74 Å². The summed E-state index contributed by atoms with van der Waals surface area (Å²) < 4.78 is 32.2. The fraction of sp³-hybridized carbons (Fsp3) is 0.688. The zero-order chi connectivity index (χ0) is 16.4. The maximum Gasteiger partial charge on any atom is 0.214 e. The zero-order valence-electron chi connectivity index (χ0n) is 13.8. The van der Waals surface area contributed by atoms with E-state index in [1.54, 1.807) is 24.5 Å². The molecule has 1 aromatic heterocycles. The molecule has 0 unspecified atom stereocenters. The molecule has 2 fully saturated rings. The van der Waals surface area contributed by atoms with Crippen LogP contribution in [-0.2, 0) is 21.3 Å². The van der Waals surface area contributed by atoms with Crippen molar-refractivity contribution in [3.05, 3.63) is 30.1 Å². The molecule has 1 aromatic rings. The Morgan fingerprint density at radius 1 is 1.39 bits per heavy atom. The van der Waals surface area contributed by atoms with Crippen molar-refractivity contribution < 1.29 is 13.2 Å². The molecule has 23 heavy (non-hydrogen) atoms. The quantitative estimate of drug-likeness (QED) is 0.799. The molecule has 2 aliphatic heterocycles. The minimum atomic E-state index is -3.16. The van der Waals surface area contributed by atoms with Crippen molar-refractivity contribution in [3.8, 4) is 0 Å². The van der Waals surface area contributed by atoms with Gasteiger partial charge in [0.05, 0.1) is 11.9 Å². The number of fused-ring (bicyclic) bond motifs is 1. The maximum atomic E-state index is 12.4. The SMILES string of the molecule is CCS(=O)(=O)N1CC[C@@H](OC)[C@@H]2CN(Cc3cccnc3)C[C@@H]21. The molecule has 2 aliphatic rings. The van der Waals surface area contributed by atoms with E-state index >= 15 is 0 Å². The number of rotatable bonds is 5. The molecule has 7 heteroatoms. The van der Waals surface area contributed by atoms with Crippen LogP contribution in [0.25, 0.3) is 0 Å². The standard InChI is InChI=1S/C16H25N3O3S/c1-3-23(20,21)19-8-6-16(22-2)14-11-18(12-15(14)19)10-13-5-4-7-17-9-13/h4-5,7,9,14-16H,3,6,8,10-12H2,1-2H3/t14-,15+,16-/m1/s1. The molecule has 0 aliphatic carbocycles. The number of hydrogen-bond donors (Lipinski definition) is 0. The Hall–Kier alpha value is -1.02. The largest absolute Gasteiger partial charge is 0.381 e. The Morgan fingerprint density at radius 3 is 2.87 bits per heavy atom. The van der Waals surface area contributed by atoms with Gasteiger partial charge in [0.15, 0.2) is 0 Å². The number of hydrogen-bond acceptors (Lipinski definition) is 5. The predicted octanol–water partition coefficient (Wildman–Crippen LogP) is 0.952. The van der Waals surface area contributed by atoms with Crippen LogP contribution in [0.2, 0.25) is 0 Å². The highest BCUT2D eigenvalue weighted by Gasteiger charge is 2.47. The van der Waals surface area contributed by atoms with E-state index in [9.17, 15) is 8.42 Å². The lowest BCUT2D eigenvalue weighted by Crippen LogP contribution is -2.53. The van der Waals surface area contributed by atoms with Crippen LogP contribution in [0.1, 0.15) is 18.9 Å². The summed E-state index contributed by atoms with van der Waals surface area (Å²) in [5, 5.41) is 0. The van der Waals surface area contributed by atoms with E-state index in [0.717, 1.165) is 31.6 Å². The Kier molecular flexibility index (Phi) is 5.01. The Labute approximate surface area is 138 Å². The molecule has 0 N–H and O–H groups in total. The predicted molar refractivity (Wildman–Crippen MR) is 88.4 cm³/mol. The van der Waals surface area contributed by atoms with Gasteiger partial charge >= 0.3 is 0 Å². The minimum Gasteiger partial charge on any atom is -0.381 e. The molecule has 0 amide bonds. The fourth-order valence-corrected chi connectivity index (χ4v) is 5.23. The summed E-state index contributed by atoms with van der Waals surface area (Å²) in [6.07, 6.45) is 4.56. The third kappa shape index (κ3) is 3.42. The molecule has 6 nitrogen and oxygen atoms in total. The lowest BCUT2D eigenvalue weighted by Gasteiger charge is -2.39. The molecule has 0 radical (unpaired) electrons. The summed E-state index contributed by atoms with van der Waals surface area (Å²) in [4.78, 5) is 6.48. The molecule has 3 atom stereocenters. The van der Waals surface area contributed by atoms with Crippen molar-refractivity contribution >= 4 is 10.0 Å². The highest BCUT2D eigenvalue weighted by atomic mass is 32.2. The number of aromatic nitrogens is 1. The van der Waals surface area contributed by atoms with E-state index in [0.29, 0.717) is 6.54 Å². The second-order valence-electron chi connectivity index (χ2n) is 6.36. The van der Waals surface area contributed by atoms with E-state index in [-0.39, 0.29) is 23.8 Å². The first-order chi connectivity index (χ1) is 11.0. The fourth-order valence-electron chi connectivity index (χ4n) is 3.88. The second-order valence-corrected chi connectivity index (χ2v) is 8.57. The Balaban J connectivity index is 1.78. The van der Waals surface area contributed by atoms with Crippen LogP contribution in [0.15, 0.2) is 24.5 Å². The van der Waals surface area contributed by atoms with Crippen molar-refractivity contribution in [1.82, 2.24) is 14.2 Å². The number of pyridine rings is 1. The topological polar surface area (TPSA) is 62.7 Å². The van der Waals surface area contributed by atoms with Gasteiger partial charge in [0.25, 0.3) is 0 Å². The highest BCUT2D eigenvalue weighted by Crippen LogP contribution is 2.34. The van der Waals surface area contributed by atoms with Gasteiger partial charge in [-0.1, -0.05) is 6.07 Å². The number of piperidine rings is 1. The van der Waals surface area contributed by atoms with E-state index < -0.39 is 10.0 Å². The van der Waals surface area contributed by atoms with Gasteiger partial charge in [-0.05, 0) is 25.0 Å². The van der Waals surface area contributed by atoms with Crippen molar-refractivity contribution in [2.45, 2.75) is 32.0 Å². The third-order valence-corrected chi connectivity index (χ3v) is 6.94. The van der Waals surface area contributed by atoms with Crippen LogP contribution < -0.4 is 0 Å². The number of nitrogens with zero attached hydrogens (tertiary/aromatic N) is 3. The number of sulfonamides is 1. The van der Waals surface area contributed by atoms with Gasteiger partial charge in [0.1, 0.15) is 0 Å². The summed E-state index contributed by atoms with van der Waals surface area (Å²) >= 11 is 0. The molecule has 3 rings (SSSR count). The van der Waals surface area contributed by atoms with Crippen LogP contribution in [0, 0.1) is 5.92 Å². The first kappa shape index (κ1) is 16.8. The molecule has 0 saturated carbocycles. The molecular formula is C16H25N3O3S.